The lowest BCUT2D eigenvalue weighted by atomic mass is 10.3. The molecule has 3 heterocycles. The van der Waals surface area contributed by atoms with Crippen molar-refractivity contribution in [2.24, 2.45) is 4.99 Å². The van der Waals surface area contributed by atoms with Crippen molar-refractivity contribution in [3.8, 4) is 0 Å². The average molecular weight is 345 g/mol. The van der Waals surface area contributed by atoms with Gasteiger partial charge < -0.3 is 24.0 Å². The maximum atomic E-state index is 12.3. The van der Waals surface area contributed by atoms with E-state index < -0.39 is 0 Å². The van der Waals surface area contributed by atoms with Crippen LogP contribution in [0.4, 0.5) is 0 Å². The molecule has 0 spiro atoms. The van der Waals surface area contributed by atoms with Gasteiger partial charge in [0.25, 0.3) is 5.91 Å². The highest BCUT2D eigenvalue weighted by molar-refractivity contribution is 5.91. The zero-order chi connectivity index (χ0) is 17.8. The van der Waals surface area contributed by atoms with Gasteiger partial charge in [-0.1, -0.05) is 0 Å². The van der Waals surface area contributed by atoms with E-state index >= 15 is 0 Å². The lowest BCUT2D eigenvalue weighted by molar-refractivity contribution is 0.0657. The first-order chi connectivity index (χ1) is 12.1. The second-order valence-corrected chi connectivity index (χ2v) is 5.91. The minimum atomic E-state index is -0.0710. The Bertz CT molecular complexity index is 723. The molecule has 2 aromatic rings. The number of carbonyl (C=O) groups excluding carboxylic acids is 1. The molecular formula is C17H23N5O3. The molecule has 0 atom stereocenters. The Hall–Kier alpha value is -2.77. The van der Waals surface area contributed by atoms with E-state index in [1.165, 1.54) is 6.26 Å². The second kappa shape index (κ2) is 7.42. The predicted octanol–water partition coefficient (Wildman–Crippen LogP) is 1.42. The Balaban J connectivity index is 1.52. The topological polar surface area (TPSA) is 87.1 Å². The number of carbonyl (C=O) groups is 1. The van der Waals surface area contributed by atoms with Crippen LogP contribution in [0.1, 0.15) is 27.9 Å². The van der Waals surface area contributed by atoms with Gasteiger partial charge in [-0.25, -0.2) is 4.98 Å². The summed E-state index contributed by atoms with van der Waals surface area (Å²) < 4.78 is 10.8. The van der Waals surface area contributed by atoms with Gasteiger partial charge in [0.15, 0.2) is 11.7 Å². The number of aromatic nitrogens is 1. The second-order valence-electron chi connectivity index (χ2n) is 5.91. The Labute approximate surface area is 146 Å². The highest BCUT2D eigenvalue weighted by Crippen LogP contribution is 2.11. The summed E-state index contributed by atoms with van der Waals surface area (Å²) in [4.78, 5) is 24.9. The Morgan fingerprint density at radius 3 is 2.56 bits per heavy atom. The molecule has 0 radical (unpaired) electrons. The van der Waals surface area contributed by atoms with Crippen LogP contribution in [0.5, 0.6) is 0 Å². The van der Waals surface area contributed by atoms with Gasteiger partial charge in [0.1, 0.15) is 5.76 Å². The van der Waals surface area contributed by atoms with Gasteiger partial charge in [-0.2, -0.15) is 0 Å². The van der Waals surface area contributed by atoms with Crippen LogP contribution in [0.2, 0.25) is 0 Å². The van der Waals surface area contributed by atoms with Crippen LogP contribution in [0.3, 0.4) is 0 Å². The fourth-order valence-electron chi connectivity index (χ4n) is 2.78. The number of hydrogen-bond donors (Lipinski definition) is 1. The number of aryl methyl sites for hydroxylation is 2. The molecule has 0 unspecified atom stereocenters. The molecule has 25 heavy (non-hydrogen) atoms. The third-order valence-corrected chi connectivity index (χ3v) is 4.28. The van der Waals surface area contributed by atoms with Crippen molar-refractivity contribution in [2.75, 3.05) is 33.2 Å². The third-order valence-electron chi connectivity index (χ3n) is 4.28. The van der Waals surface area contributed by atoms with E-state index in [-0.39, 0.29) is 5.91 Å². The number of nitrogens with zero attached hydrogens (tertiary/aromatic N) is 4. The number of amides is 1. The number of guanidine groups is 1. The summed E-state index contributed by atoms with van der Waals surface area (Å²) >= 11 is 0. The zero-order valence-corrected chi connectivity index (χ0v) is 14.8. The molecule has 0 saturated carbocycles. The molecule has 3 rings (SSSR count). The summed E-state index contributed by atoms with van der Waals surface area (Å²) in [5.41, 5.74) is 0.900. The summed E-state index contributed by atoms with van der Waals surface area (Å²) in [7, 11) is 1.74. The van der Waals surface area contributed by atoms with E-state index in [0.717, 1.165) is 17.4 Å². The highest BCUT2D eigenvalue weighted by atomic mass is 16.4. The van der Waals surface area contributed by atoms with Crippen LogP contribution in [-0.4, -0.2) is 59.9 Å². The van der Waals surface area contributed by atoms with E-state index in [9.17, 15) is 4.79 Å². The third kappa shape index (κ3) is 3.84. The minimum Gasteiger partial charge on any atom is -0.459 e. The molecule has 0 aliphatic carbocycles. The number of nitrogens with one attached hydrogen (secondary N) is 1. The molecule has 8 nitrogen and oxygen atoms in total. The van der Waals surface area contributed by atoms with Crippen molar-refractivity contribution < 1.29 is 13.6 Å². The van der Waals surface area contributed by atoms with Gasteiger partial charge in [-0.3, -0.25) is 9.79 Å². The molecule has 1 amide bonds. The minimum absolute atomic E-state index is 0.0710. The predicted molar refractivity (Wildman–Crippen MR) is 92.4 cm³/mol. The van der Waals surface area contributed by atoms with Crippen LogP contribution < -0.4 is 5.32 Å². The Morgan fingerprint density at radius 1 is 1.28 bits per heavy atom. The standard InChI is InChI=1S/C17H23N5O3/c1-12-13(2)25-15(20-12)11-19-17(18-3)22-8-6-21(7-9-22)16(23)14-5-4-10-24-14/h4-5,10H,6-9,11H2,1-3H3,(H,18,19). The maximum Gasteiger partial charge on any atom is 0.289 e. The summed E-state index contributed by atoms with van der Waals surface area (Å²) in [6.45, 7) is 6.95. The first kappa shape index (κ1) is 17.1. The summed E-state index contributed by atoms with van der Waals surface area (Å²) in [5, 5.41) is 3.27. The zero-order valence-electron chi connectivity index (χ0n) is 14.8. The maximum absolute atomic E-state index is 12.3. The van der Waals surface area contributed by atoms with Crippen molar-refractivity contribution in [1.29, 1.82) is 0 Å². The number of oxazole rings is 1. The lowest BCUT2D eigenvalue weighted by Gasteiger charge is -2.36. The van der Waals surface area contributed by atoms with E-state index in [1.54, 1.807) is 24.1 Å². The number of piperazine rings is 1. The average Bonchev–Trinajstić information content (AvgIpc) is 3.26. The smallest absolute Gasteiger partial charge is 0.289 e. The van der Waals surface area contributed by atoms with Gasteiger partial charge in [0.05, 0.1) is 18.5 Å². The first-order valence-electron chi connectivity index (χ1n) is 8.29. The van der Waals surface area contributed by atoms with E-state index in [2.05, 4.69) is 20.2 Å². The molecule has 0 bridgehead atoms. The van der Waals surface area contributed by atoms with Gasteiger partial charge in [-0.15, -0.1) is 0 Å². The monoisotopic (exact) mass is 345 g/mol. The van der Waals surface area contributed by atoms with E-state index in [0.29, 0.717) is 44.4 Å². The molecule has 2 aromatic heterocycles. The Morgan fingerprint density at radius 2 is 2.00 bits per heavy atom. The van der Waals surface area contributed by atoms with Crippen molar-refractivity contribution >= 4 is 11.9 Å². The molecule has 1 fully saturated rings. The first-order valence-corrected chi connectivity index (χ1v) is 8.29. The van der Waals surface area contributed by atoms with Gasteiger partial charge in [0, 0.05) is 33.2 Å². The summed E-state index contributed by atoms with van der Waals surface area (Å²) in [5.74, 6) is 2.56. The fourth-order valence-corrected chi connectivity index (χ4v) is 2.78. The molecule has 0 aromatic carbocycles. The van der Waals surface area contributed by atoms with Crippen LogP contribution in [-0.2, 0) is 6.54 Å². The number of hydrogen-bond acceptors (Lipinski definition) is 5. The summed E-state index contributed by atoms with van der Waals surface area (Å²) in [6, 6.07) is 3.41. The van der Waals surface area contributed by atoms with Crippen molar-refractivity contribution in [3.63, 3.8) is 0 Å². The van der Waals surface area contributed by atoms with E-state index in [1.807, 2.05) is 13.8 Å². The van der Waals surface area contributed by atoms with Gasteiger partial charge >= 0.3 is 0 Å². The van der Waals surface area contributed by atoms with Crippen molar-refractivity contribution in [3.05, 3.63) is 41.5 Å². The lowest BCUT2D eigenvalue weighted by Crippen LogP contribution is -2.53. The molecule has 1 aliphatic heterocycles. The SMILES string of the molecule is CN=C(NCc1nc(C)c(C)o1)N1CCN(C(=O)c2ccco2)CC1. The van der Waals surface area contributed by atoms with Crippen molar-refractivity contribution in [2.45, 2.75) is 20.4 Å². The van der Waals surface area contributed by atoms with Crippen LogP contribution in [0.25, 0.3) is 0 Å². The molecule has 1 N–H and O–H groups in total. The quantitative estimate of drug-likeness (QED) is 0.669. The molecule has 1 saturated heterocycles. The van der Waals surface area contributed by atoms with Gasteiger partial charge in [0.2, 0.25) is 5.89 Å². The number of rotatable bonds is 3. The summed E-state index contributed by atoms with van der Waals surface area (Å²) in [6.07, 6.45) is 1.52. The normalized spacial score (nSPS) is 15.6. The van der Waals surface area contributed by atoms with Gasteiger partial charge in [-0.05, 0) is 26.0 Å². The molecule has 1 aliphatic rings. The van der Waals surface area contributed by atoms with Crippen molar-refractivity contribution in [1.82, 2.24) is 20.1 Å². The fraction of sp³-hybridized carbons (Fsp3) is 0.471. The van der Waals surface area contributed by atoms with Crippen LogP contribution in [0.15, 0.2) is 32.2 Å². The van der Waals surface area contributed by atoms with Crippen LogP contribution >= 0.6 is 0 Å². The number of furan rings is 1. The Kier molecular flexibility index (Phi) is 5.06. The number of aliphatic imine (C=N–C) groups is 1. The van der Waals surface area contributed by atoms with Crippen LogP contribution in [0, 0.1) is 13.8 Å². The van der Waals surface area contributed by atoms with E-state index in [4.69, 9.17) is 8.83 Å². The largest absolute Gasteiger partial charge is 0.459 e. The molecule has 8 heteroatoms. The highest BCUT2D eigenvalue weighted by Gasteiger charge is 2.25. The molecule has 134 valence electrons. The molecular weight excluding hydrogens is 322 g/mol.